The molecule has 0 fully saturated rings. The van der Waals surface area contributed by atoms with Crippen molar-refractivity contribution in [3.63, 3.8) is 0 Å². The molecular weight excluding hydrogens is 337 g/mol. The lowest BCUT2D eigenvalue weighted by Crippen LogP contribution is -2.19. The molecule has 0 radical (unpaired) electrons. The Morgan fingerprint density at radius 3 is 2.77 bits per heavy atom. The van der Waals surface area contributed by atoms with E-state index in [0.717, 1.165) is 4.73 Å². The molecule has 0 aliphatic rings. The number of aromatic carboxylic acids is 1. The molecule has 3 aromatic rings. The van der Waals surface area contributed by atoms with Crippen molar-refractivity contribution in [1.82, 2.24) is 9.71 Å². The van der Waals surface area contributed by atoms with Gasteiger partial charge in [-0.05, 0) is 25.1 Å². The largest absolute Gasteiger partial charge is 0.476 e. The maximum absolute atomic E-state index is 13.8. The van der Waals surface area contributed by atoms with Crippen molar-refractivity contribution in [1.29, 1.82) is 5.26 Å². The molecule has 0 aliphatic heterocycles. The van der Waals surface area contributed by atoms with E-state index in [2.05, 4.69) is 4.98 Å². The second kappa shape index (κ2) is 7.07. The number of hydrogen-bond acceptors (Lipinski definition) is 4. The van der Waals surface area contributed by atoms with Crippen molar-refractivity contribution in [2.45, 2.75) is 13.5 Å². The summed E-state index contributed by atoms with van der Waals surface area (Å²) in [5, 5.41) is 18.6. The van der Waals surface area contributed by atoms with E-state index < -0.39 is 11.8 Å². The smallest absolute Gasteiger partial charge is 0.357 e. The molecule has 2 aromatic carbocycles. The number of benzene rings is 2. The molecule has 0 saturated heterocycles. The summed E-state index contributed by atoms with van der Waals surface area (Å²) in [4.78, 5) is 21.5. The summed E-state index contributed by atoms with van der Waals surface area (Å²) < 4.78 is 14.9. The van der Waals surface area contributed by atoms with Gasteiger partial charge in [0.15, 0.2) is 11.5 Å². The van der Waals surface area contributed by atoms with E-state index in [1.54, 1.807) is 49.4 Å². The second-order valence-corrected chi connectivity index (χ2v) is 5.53. The van der Waals surface area contributed by atoms with E-state index in [9.17, 15) is 14.3 Å². The minimum Gasteiger partial charge on any atom is -0.476 e. The van der Waals surface area contributed by atoms with Crippen LogP contribution in [0.2, 0.25) is 0 Å². The molecule has 6 nitrogen and oxygen atoms in total. The van der Waals surface area contributed by atoms with Crippen LogP contribution >= 0.6 is 0 Å². The van der Waals surface area contributed by atoms with Gasteiger partial charge in [0.25, 0.3) is 0 Å². The van der Waals surface area contributed by atoms with E-state index in [1.165, 1.54) is 6.07 Å². The lowest BCUT2D eigenvalue weighted by atomic mass is 10.1. The van der Waals surface area contributed by atoms with Crippen LogP contribution in [0.4, 0.5) is 4.39 Å². The molecule has 0 bridgehead atoms. The van der Waals surface area contributed by atoms with E-state index in [-0.39, 0.29) is 29.4 Å². The molecule has 130 valence electrons. The lowest BCUT2D eigenvalue weighted by molar-refractivity contribution is 0.0570. The van der Waals surface area contributed by atoms with Gasteiger partial charge in [-0.15, -0.1) is 0 Å². The van der Waals surface area contributed by atoms with Crippen molar-refractivity contribution < 1.29 is 19.1 Å². The summed E-state index contributed by atoms with van der Waals surface area (Å²) in [6.45, 7) is 1.37. The molecule has 0 saturated carbocycles. The standard InChI is InChI=1S/C19H14FN3O3/c1-12-17(19(24)25)23(26-11-15-6-2-3-8-16(15)20)18(22-12)14-7-4-5-13(9-14)10-21/h2-9H,11H2,1H3,(H,24,25). The number of halogens is 1. The van der Waals surface area contributed by atoms with Crippen molar-refractivity contribution in [3.8, 4) is 17.5 Å². The maximum Gasteiger partial charge on any atom is 0.357 e. The minimum absolute atomic E-state index is 0.154. The Morgan fingerprint density at radius 1 is 1.31 bits per heavy atom. The third-order valence-electron chi connectivity index (χ3n) is 3.77. The zero-order valence-corrected chi connectivity index (χ0v) is 13.8. The number of nitriles is 1. The van der Waals surface area contributed by atoms with Crippen LogP contribution in [0, 0.1) is 24.1 Å². The van der Waals surface area contributed by atoms with Crippen molar-refractivity contribution in [2.24, 2.45) is 0 Å². The molecule has 3 rings (SSSR count). The Labute approximate surface area is 148 Å². The number of hydrogen-bond donors (Lipinski definition) is 1. The molecule has 7 heteroatoms. The summed E-state index contributed by atoms with van der Waals surface area (Å²) in [6, 6.07) is 14.7. The van der Waals surface area contributed by atoms with Crippen molar-refractivity contribution in [3.05, 3.63) is 76.9 Å². The Balaban J connectivity index is 2.05. The Kier molecular flexibility index (Phi) is 4.67. The highest BCUT2D eigenvalue weighted by Gasteiger charge is 2.23. The summed E-state index contributed by atoms with van der Waals surface area (Å²) >= 11 is 0. The van der Waals surface area contributed by atoms with Crippen LogP contribution in [-0.4, -0.2) is 20.8 Å². The fourth-order valence-electron chi connectivity index (χ4n) is 2.54. The fourth-order valence-corrected chi connectivity index (χ4v) is 2.54. The first kappa shape index (κ1) is 17.2. The van der Waals surface area contributed by atoms with Crippen molar-refractivity contribution in [2.75, 3.05) is 0 Å². The highest BCUT2D eigenvalue weighted by molar-refractivity contribution is 5.88. The highest BCUT2D eigenvalue weighted by atomic mass is 19.1. The quantitative estimate of drug-likeness (QED) is 0.763. The predicted octanol–water partition coefficient (Wildman–Crippen LogP) is 3.20. The van der Waals surface area contributed by atoms with Crippen LogP contribution in [-0.2, 0) is 6.61 Å². The molecule has 1 N–H and O–H groups in total. The predicted molar refractivity (Wildman–Crippen MR) is 90.8 cm³/mol. The van der Waals surface area contributed by atoms with Crippen LogP contribution in [0.15, 0.2) is 48.5 Å². The Bertz CT molecular complexity index is 1020. The van der Waals surface area contributed by atoms with Crippen LogP contribution in [0.25, 0.3) is 11.4 Å². The molecule has 26 heavy (non-hydrogen) atoms. The zero-order valence-electron chi connectivity index (χ0n) is 13.8. The molecule has 0 aliphatic carbocycles. The Morgan fingerprint density at radius 2 is 2.08 bits per heavy atom. The summed E-state index contributed by atoms with van der Waals surface area (Å²) in [5.41, 5.74) is 1.31. The van der Waals surface area contributed by atoms with Gasteiger partial charge in [0.1, 0.15) is 12.4 Å². The average molecular weight is 351 g/mol. The van der Waals surface area contributed by atoms with Crippen molar-refractivity contribution >= 4 is 5.97 Å². The van der Waals surface area contributed by atoms with Gasteiger partial charge >= 0.3 is 5.97 Å². The van der Waals surface area contributed by atoms with Crippen LogP contribution in [0.5, 0.6) is 0 Å². The molecule has 0 spiro atoms. The minimum atomic E-state index is -1.22. The number of nitrogens with zero attached hydrogens (tertiary/aromatic N) is 3. The first-order valence-electron chi connectivity index (χ1n) is 7.71. The molecular formula is C19H14FN3O3. The summed E-state index contributed by atoms with van der Waals surface area (Å²) in [6.07, 6.45) is 0. The zero-order chi connectivity index (χ0) is 18.7. The number of rotatable bonds is 5. The first-order valence-corrected chi connectivity index (χ1v) is 7.71. The van der Waals surface area contributed by atoms with E-state index in [0.29, 0.717) is 11.1 Å². The topological polar surface area (TPSA) is 88.1 Å². The summed E-state index contributed by atoms with van der Waals surface area (Å²) in [7, 11) is 0. The molecule has 0 atom stereocenters. The van der Waals surface area contributed by atoms with Crippen LogP contribution in [0.3, 0.4) is 0 Å². The van der Waals surface area contributed by atoms with E-state index in [1.807, 2.05) is 6.07 Å². The van der Waals surface area contributed by atoms with Gasteiger partial charge < -0.3 is 9.94 Å². The van der Waals surface area contributed by atoms with Gasteiger partial charge in [0.05, 0.1) is 17.3 Å². The first-order chi connectivity index (χ1) is 12.5. The highest BCUT2D eigenvalue weighted by Crippen LogP contribution is 2.23. The van der Waals surface area contributed by atoms with Crippen LogP contribution in [0.1, 0.15) is 27.3 Å². The average Bonchev–Trinajstić information content (AvgIpc) is 2.97. The Hall–Kier alpha value is -3.66. The fraction of sp³-hybridized carbons (Fsp3) is 0.105. The maximum atomic E-state index is 13.8. The van der Waals surface area contributed by atoms with E-state index in [4.69, 9.17) is 10.1 Å². The van der Waals surface area contributed by atoms with Gasteiger partial charge in [-0.3, -0.25) is 0 Å². The van der Waals surface area contributed by atoms with E-state index >= 15 is 0 Å². The SMILES string of the molecule is Cc1nc(-c2cccc(C#N)c2)n(OCc2ccccc2F)c1C(=O)O. The number of carboxylic acids is 1. The molecule has 0 amide bonds. The molecule has 1 aromatic heterocycles. The second-order valence-electron chi connectivity index (χ2n) is 5.53. The van der Waals surface area contributed by atoms with Gasteiger partial charge in [-0.1, -0.05) is 30.3 Å². The number of aryl methyl sites for hydroxylation is 1. The summed E-state index contributed by atoms with van der Waals surface area (Å²) in [5.74, 6) is -1.44. The third-order valence-corrected chi connectivity index (χ3v) is 3.77. The lowest BCUT2D eigenvalue weighted by Gasteiger charge is -2.12. The number of carboxylic acid groups (broad SMARTS) is 1. The number of imidazole rings is 1. The number of carbonyl (C=O) groups is 1. The number of aromatic nitrogens is 2. The molecule has 0 unspecified atom stereocenters. The van der Waals surface area contributed by atoms with Gasteiger partial charge in [-0.25, -0.2) is 14.2 Å². The van der Waals surface area contributed by atoms with Crippen LogP contribution < -0.4 is 4.84 Å². The van der Waals surface area contributed by atoms with Gasteiger partial charge in [0, 0.05) is 11.1 Å². The monoisotopic (exact) mass is 351 g/mol. The normalized spacial score (nSPS) is 10.3. The third kappa shape index (κ3) is 3.26. The van der Waals surface area contributed by atoms with Gasteiger partial charge in [0.2, 0.25) is 0 Å². The van der Waals surface area contributed by atoms with Gasteiger partial charge in [-0.2, -0.15) is 9.99 Å². The molecule has 1 heterocycles.